The summed E-state index contributed by atoms with van der Waals surface area (Å²) in [6.45, 7) is 6.59. The number of carbonyl (C=O) groups excluding carboxylic acids is 1. The predicted octanol–water partition coefficient (Wildman–Crippen LogP) is 0.287. The van der Waals surface area contributed by atoms with Crippen LogP contribution < -0.4 is 16.0 Å². The molecule has 1 amide bonds. The number of nitrogens with zero attached hydrogens (tertiary/aromatic N) is 2. The van der Waals surface area contributed by atoms with E-state index in [-0.39, 0.29) is 0 Å². The highest BCUT2D eigenvalue weighted by Gasteiger charge is 2.22. The van der Waals surface area contributed by atoms with Crippen molar-refractivity contribution in [1.29, 1.82) is 0 Å². The average Bonchev–Trinajstić information content (AvgIpc) is 2.28. The minimum Gasteiger partial charge on any atom is -0.365 e. The van der Waals surface area contributed by atoms with E-state index in [0.717, 1.165) is 25.2 Å². The van der Waals surface area contributed by atoms with Crippen molar-refractivity contribution in [1.82, 2.24) is 10.3 Å². The van der Waals surface area contributed by atoms with Crippen molar-refractivity contribution < 1.29 is 4.79 Å². The minimum atomic E-state index is -0.406. The molecule has 1 aliphatic heterocycles. The summed E-state index contributed by atoms with van der Waals surface area (Å²) in [5, 5.41) is 3.36. The van der Waals surface area contributed by atoms with Crippen molar-refractivity contribution in [3.05, 3.63) is 23.4 Å². The number of hydrogen-bond acceptors (Lipinski definition) is 4. The van der Waals surface area contributed by atoms with Crippen LogP contribution in [0.4, 0.5) is 5.82 Å². The smallest absolute Gasteiger partial charge is 0.252 e. The van der Waals surface area contributed by atoms with Crippen molar-refractivity contribution in [3.8, 4) is 0 Å². The maximum atomic E-state index is 11.5. The Labute approximate surface area is 101 Å². The highest BCUT2D eigenvalue weighted by Crippen LogP contribution is 2.21. The van der Waals surface area contributed by atoms with Crippen LogP contribution in [-0.2, 0) is 0 Å². The zero-order valence-corrected chi connectivity index (χ0v) is 10.2. The lowest BCUT2D eigenvalue weighted by molar-refractivity contribution is 0.0999. The summed E-state index contributed by atoms with van der Waals surface area (Å²) in [4.78, 5) is 17.9. The molecule has 3 N–H and O–H groups in total. The lowest BCUT2D eigenvalue weighted by Crippen LogP contribution is -2.50. The van der Waals surface area contributed by atoms with Gasteiger partial charge in [0.2, 0.25) is 0 Å². The summed E-state index contributed by atoms with van der Waals surface area (Å²) in [5.41, 5.74) is 6.86. The van der Waals surface area contributed by atoms with Crippen molar-refractivity contribution in [2.24, 2.45) is 5.73 Å². The molecule has 1 saturated heterocycles. The Kier molecular flexibility index (Phi) is 3.28. The number of nitrogens with one attached hydrogen (secondary N) is 1. The summed E-state index contributed by atoms with van der Waals surface area (Å²) in [7, 11) is 0. The fourth-order valence-corrected chi connectivity index (χ4v) is 2.21. The highest BCUT2D eigenvalue weighted by molar-refractivity contribution is 5.99. The number of amides is 1. The van der Waals surface area contributed by atoms with Crippen LogP contribution in [0.1, 0.15) is 22.8 Å². The predicted molar refractivity (Wildman–Crippen MR) is 67.2 cm³/mol. The second-order valence-corrected chi connectivity index (χ2v) is 4.49. The van der Waals surface area contributed by atoms with Gasteiger partial charge in [0, 0.05) is 31.9 Å². The topological polar surface area (TPSA) is 71.2 Å². The molecular formula is C12H18N4O. The number of hydrogen-bond donors (Lipinski definition) is 2. The van der Waals surface area contributed by atoms with Crippen LogP contribution in [0.15, 0.2) is 12.3 Å². The lowest BCUT2D eigenvalue weighted by Gasteiger charge is -2.33. The molecule has 0 bridgehead atoms. The fourth-order valence-electron chi connectivity index (χ4n) is 2.21. The van der Waals surface area contributed by atoms with E-state index in [1.807, 2.05) is 13.0 Å². The van der Waals surface area contributed by atoms with Crippen molar-refractivity contribution in [3.63, 3.8) is 0 Å². The number of anilines is 1. The van der Waals surface area contributed by atoms with E-state index in [4.69, 9.17) is 5.73 Å². The quantitative estimate of drug-likeness (QED) is 0.771. The molecule has 5 nitrogen and oxygen atoms in total. The molecule has 0 saturated carbocycles. The molecule has 2 rings (SSSR count). The molecule has 0 aromatic carbocycles. The van der Waals surface area contributed by atoms with E-state index in [9.17, 15) is 4.79 Å². The van der Waals surface area contributed by atoms with Crippen LogP contribution >= 0.6 is 0 Å². The fraction of sp³-hybridized carbons (Fsp3) is 0.500. The number of aromatic nitrogens is 1. The number of aryl methyl sites for hydroxylation is 1. The molecular weight excluding hydrogens is 216 g/mol. The van der Waals surface area contributed by atoms with Gasteiger partial charge in [0.15, 0.2) is 0 Å². The Balaban J connectivity index is 2.37. The van der Waals surface area contributed by atoms with Gasteiger partial charge in [-0.2, -0.15) is 0 Å². The normalized spacial score (nSPS) is 20.4. The van der Waals surface area contributed by atoms with E-state index in [2.05, 4.69) is 22.1 Å². The van der Waals surface area contributed by atoms with Gasteiger partial charge in [-0.05, 0) is 25.5 Å². The molecule has 1 unspecified atom stereocenters. The second-order valence-electron chi connectivity index (χ2n) is 4.49. The summed E-state index contributed by atoms with van der Waals surface area (Å²) in [6.07, 6.45) is 1.73. The van der Waals surface area contributed by atoms with Gasteiger partial charge in [0.25, 0.3) is 5.91 Å². The van der Waals surface area contributed by atoms with Crippen molar-refractivity contribution in [2.75, 3.05) is 24.5 Å². The van der Waals surface area contributed by atoms with Crippen LogP contribution in [-0.4, -0.2) is 36.6 Å². The first-order valence-electron chi connectivity index (χ1n) is 5.83. The first-order chi connectivity index (χ1) is 8.09. The SMILES string of the molecule is Cc1ccnc(N2CCNC(C)C2)c1C(N)=O. The minimum absolute atomic E-state index is 0.395. The standard InChI is InChI=1S/C12H18N4O/c1-8-3-4-15-12(10(8)11(13)17)16-6-5-14-9(2)7-16/h3-4,9,14H,5-7H2,1-2H3,(H2,13,17). The van der Waals surface area contributed by atoms with Crippen LogP contribution in [0, 0.1) is 6.92 Å². The Morgan fingerprint density at radius 2 is 2.41 bits per heavy atom. The summed E-state index contributed by atoms with van der Waals surface area (Å²) in [6, 6.07) is 2.21. The first kappa shape index (κ1) is 11.9. The number of nitrogens with two attached hydrogens (primary N) is 1. The lowest BCUT2D eigenvalue weighted by atomic mass is 10.1. The number of carbonyl (C=O) groups is 1. The van der Waals surface area contributed by atoms with Gasteiger partial charge in [-0.1, -0.05) is 0 Å². The van der Waals surface area contributed by atoms with Gasteiger partial charge in [-0.25, -0.2) is 4.98 Å². The zero-order valence-electron chi connectivity index (χ0n) is 10.2. The molecule has 1 aromatic heterocycles. The van der Waals surface area contributed by atoms with Gasteiger partial charge in [-0.15, -0.1) is 0 Å². The van der Waals surface area contributed by atoms with Gasteiger partial charge in [-0.3, -0.25) is 4.79 Å². The molecule has 0 spiro atoms. The van der Waals surface area contributed by atoms with Crippen LogP contribution in [0.5, 0.6) is 0 Å². The van der Waals surface area contributed by atoms with Crippen molar-refractivity contribution >= 4 is 11.7 Å². The second kappa shape index (κ2) is 4.71. The summed E-state index contributed by atoms with van der Waals surface area (Å²) < 4.78 is 0. The number of piperazine rings is 1. The highest BCUT2D eigenvalue weighted by atomic mass is 16.1. The Morgan fingerprint density at radius 3 is 3.06 bits per heavy atom. The van der Waals surface area contributed by atoms with E-state index in [1.165, 1.54) is 0 Å². The van der Waals surface area contributed by atoms with Gasteiger partial charge >= 0.3 is 0 Å². The largest absolute Gasteiger partial charge is 0.365 e. The maximum Gasteiger partial charge on any atom is 0.252 e. The van der Waals surface area contributed by atoms with Gasteiger partial charge in [0.05, 0.1) is 5.56 Å². The van der Waals surface area contributed by atoms with E-state index < -0.39 is 5.91 Å². The van der Waals surface area contributed by atoms with Gasteiger partial charge < -0.3 is 16.0 Å². The molecule has 1 aliphatic rings. The third-order valence-electron chi connectivity index (χ3n) is 3.05. The van der Waals surface area contributed by atoms with Crippen LogP contribution in [0.2, 0.25) is 0 Å². The zero-order chi connectivity index (χ0) is 12.4. The molecule has 0 radical (unpaired) electrons. The van der Waals surface area contributed by atoms with E-state index >= 15 is 0 Å². The van der Waals surface area contributed by atoms with E-state index in [1.54, 1.807) is 6.20 Å². The molecule has 1 aromatic rings. The number of primary amides is 1. The third kappa shape index (κ3) is 2.39. The molecule has 2 heterocycles. The number of pyridine rings is 1. The Bertz CT molecular complexity index is 433. The molecule has 92 valence electrons. The molecule has 0 aliphatic carbocycles. The van der Waals surface area contributed by atoms with E-state index in [0.29, 0.717) is 17.4 Å². The Hall–Kier alpha value is -1.62. The maximum absolute atomic E-state index is 11.5. The molecule has 1 fully saturated rings. The Morgan fingerprint density at radius 1 is 1.65 bits per heavy atom. The average molecular weight is 234 g/mol. The van der Waals surface area contributed by atoms with Crippen LogP contribution in [0.25, 0.3) is 0 Å². The summed E-state index contributed by atoms with van der Waals surface area (Å²) in [5.74, 6) is 0.308. The number of rotatable bonds is 2. The van der Waals surface area contributed by atoms with Crippen LogP contribution in [0.3, 0.4) is 0 Å². The van der Waals surface area contributed by atoms with Crippen molar-refractivity contribution in [2.45, 2.75) is 19.9 Å². The molecule has 17 heavy (non-hydrogen) atoms. The molecule has 5 heteroatoms. The van der Waals surface area contributed by atoms with Gasteiger partial charge in [0.1, 0.15) is 5.82 Å². The first-order valence-corrected chi connectivity index (χ1v) is 5.83. The summed E-state index contributed by atoms with van der Waals surface area (Å²) >= 11 is 0. The molecule has 1 atom stereocenters. The third-order valence-corrected chi connectivity index (χ3v) is 3.05. The monoisotopic (exact) mass is 234 g/mol.